The van der Waals surface area contributed by atoms with Crippen LogP contribution in [0.5, 0.6) is 17.2 Å². The lowest BCUT2D eigenvalue weighted by Gasteiger charge is -2.17. The van der Waals surface area contributed by atoms with Crippen LogP contribution in [0.1, 0.15) is 5.56 Å². The van der Waals surface area contributed by atoms with Crippen molar-refractivity contribution in [2.45, 2.75) is 12.6 Å². The SMILES string of the molecule is COc1cc(OC)c(OC)cc1CNCC1CNCC1O. The van der Waals surface area contributed by atoms with Gasteiger partial charge in [-0.15, -0.1) is 0 Å². The maximum absolute atomic E-state index is 9.77. The normalized spacial score (nSPS) is 21.3. The molecule has 0 aliphatic carbocycles. The molecule has 1 fully saturated rings. The third-order valence-electron chi connectivity index (χ3n) is 3.81. The zero-order valence-corrected chi connectivity index (χ0v) is 12.8. The summed E-state index contributed by atoms with van der Waals surface area (Å²) in [4.78, 5) is 0. The molecule has 0 spiro atoms. The van der Waals surface area contributed by atoms with Gasteiger partial charge in [0.25, 0.3) is 0 Å². The van der Waals surface area contributed by atoms with E-state index in [0.717, 1.165) is 24.4 Å². The Hall–Kier alpha value is -1.50. The first-order valence-electron chi connectivity index (χ1n) is 7.08. The molecule has 0 aromatic heterocycles. The molecular formula is C15H24N2O4. The van der Waals surface area contributed by atoms with Gasteiger partial charge in [0.15, 0.2) is 11.5 Å². The van der Waals surface area contributed by atoms with Crippen molar-refractivity contribution in [1.29, 1.82) is 0 Å². The number of rotatable bonds is 7. The van der Waals surface area contributed by atoms with Crippen LogP contribution < -0.4 is 24.8 Å². The fourth-order valence-electron chi connectivity index (χ4n) is 2.55. The van der Waals surface area contributed by atoms with Crippen LogP contribution in [0.4, 0.5) is 0 Å². The predicted octanol–water partition coefficient (Wildman–Crippen LogP) is 0.382. The molecule has 6 nitrogen and oxygen atoms in total. The number of β-amino-alcohol motifs (C(OH)–C–C–N with tert-alkyl or cyclic N) is 1. The number of aliphatic hydroxyl groups is 1. The fourth-order valence-corrected chi connectivity index (χ4v) is 2.55. The van der Waals surface area contributed by atoms with Crippen LogP contribution >= 0.6 is 0 Å². The third-order valence-corrected chi connectivity index (χ3v) is 3.81. The van der Waals surface area contributed by atoms with Gasteiger partial charge in [-0.05, 0) is 6.07 Å². The highest BCUT2D eigenvalue weighted by Crippen LogP contribution is 2.34. The van der Waals surface area contributed by atoms with Crippen LogP contribution in [-0.4, -0.2) is 52.2 Å². The molecule has 118 valence electrons. The van der Waals surface area contributed by atoms with Gasteiger partial charge in [-0.2, -0.15) is 0 Å². The molecule has 0 radical (unpaired) electrons. The van der Waals surface area contributed by atoms with Crippen LogP contribution in [0.2, 0.25) is 0 Å². The second kappa shape index (κ2) is 7.49. The van der Waals surface area contributed by atoms with Crippen LogP contribution in [-0.2, 0) is 6.54 Å². The average Bonchev–Trinajstić information content (AvgIpc) is 2.92. The molecule has 0 saturated carbocycles. The van der Waals surface area contributed by atoms with Crippen molar-refractivity contribution in [1.82, 2.24) is 10.6 Å². The summed E-state index contributed by atoms with van der Waals surface area (Å²) in [5.74, 6) is 2.33. The number of aliphatic hydroxyl groups excluding tert-OH is 1. The number of methoxy groups -OCH3 is 3. The molecule has 6 heteroatoms. The van der Waals surface area contributed by atoms with Crippen molar-refractivity contribution in [3.8, 4) is 17.2 Å². The number of nitrogens with one attached hydrogen (secondary N) is 2. The van der Waals surface area contributed by atoms with Crippen LogP contribution in [0, 0.1) is 5.92 Å². The van der Waals surface area contributed by atoms with Gasteiger partial charge in [-0.1, -0.05) is 0 Å². The van der Waals surface area contributed by atoms with E-state index in [0.29, 0.717) is 24.6 Å². The highest BCUT2D eigenvalue weighted by molar-refractivity contribution is 5.50. The molecular weight excluding hydrogens is 272 g/mol. The smallest absolute Gasteiger partial charge is 0.164 e. The first-order valence-corrected chi connectivity index (χ1v) is 7.08. The minimum Gasteiger partial charge on any atom is -0.496 e. The van der Waals surface area contributed by atoms with Gasteiger partial charge in [0.1, 0.15) is 5.75 Å². The third kappa shape index (κ3) is 3.78. The molecule has 3 N–H and O–H groups in total. The lowest BCUT2D eigenvalue weighted by Crippen LogP contribution is -2.30. The van der Waals surface area contributed by atoms with Gasteiger partial charge < -0.3 is 30.0 Å². The van der Waals surface area contributed by atoms with Gasteiger partial charge in [0.2, 0.25) is 0 Å². The first-order chi connectivity index (χ1) is 10.2. The number of benzene rings is 1. The summed E-state index contributed by atoms with van der Waals surface area (Å²) >= 11 is 0. The maximum atomic E-state index is 9.77. The second-order valence-electron chi connectivity index (χ2n) is 5.14. The molecule has 2 rings (SSSR count). The molecule has 1 heterocycles. The van der Waals surface area contributed by atoms with Crippen molar-refractivity contribution in [2.24, 2.45) is 5.92 Å². The van der Waals surface area contributed by atoms with Crippen LogP contribution in [0.25, 0.3) is 0 Å². The monoisotopic (exact) mass is 296 g/mol. The highest BCUT2D eigenvalue weighted by atomic mass is 16.5. The largest absolute Gasteiger partial charge is 0.496 e. The molecule has 2 unspecified atom stereocenters. The summed E-state index contributed by atoms with van der Waals surface area (Å²) in [6.07, 6.45) is -0.273. The Bertz CT molecular complexity index is 467. The van der Waals surface area contributed by atoms with E-state index in [2.05, 4.69) is 10.6 Å². The fraction of sp³-hybridized carbons (Fsp3) is 0.600. The summed E-state index contributed by atoms with van der Waals surface area (Å²) in [5.41, 5.74) is 0.996. The molecule has 1 aliphatic heterocycles. The Labute approximate surface area is 125 Å². The number of hydrogen-bond acceptors (Lipinski definition) is 6. The summed E-state index contributed by atoms with van der Waals surface area (Å²) in [5, 5.41) is 16.3. The van der Waals surface area contributed by atoms with Gasteiger partial charge in [0.05, 0.1) is 27.4 Å². The van der Waals surface area contributed by atoms with Gasteiger partial charge in [-0.25, -0.2) is 0 Å². The van der Waals surface area contributed by atoms with Crippen molar-refractivity contribution in [3.05, 3.63) is 17.7 Å². The van der Waals surface area contributed by atoms with Crippen molar-refractivity contribution in [3.63, 3.8) is 0 Å². The lowest BCUT2D eigenvalue weighted by molar-refractivity contribution is 0.146. The van der Waals surface area contributed by atoms with Gasteiger partial charge in [-0.3, -0.25) is 0 Å². The van der Waals surface area contributed by atoms with Crippen molar-refractivity contribution >= 4 is 0 Å². The van der Waals surface area contributed by atoms with E-state index < -0.39 is 0 Å². The van der Waals surface area contributed by atoms with Crippen LogP contribution in [0.15, 0.2) is 12.1 Å². The molecule has 0 amide bonds. The molecule has 1 aromatic carbocycles. The van der Waals surface area contributed by atoms with E-state index in [1.165, 1.54) is 0 Å². The van der Waals surface area contributed by atoms with E-state index >= 15 is 0 Å². The zero-order valence-electron chi connectivity index (χ0n) is 12.8. The summed E-state index contributed by atoms with van der Waals surface area (Å²) in [7, 11) is 4.85. The summed E-state index contributed by atoms with van der Waals surface area (Å²) < 4.78 is 16.0. The molecule has 1 aliphatic rings. The van der Waals surface area contributed by atoms with E-state index in [4.69, 9.17) is 14.2 Å². The van der Waals surface area contributed by atoms with Gasteiger partial charge in [0, 0.05) is 43.7 Å². The van der Waals surface area contributed by atoms with Crippen molar-refractivity contribution in [2.75, 3.05) is 41.0 Å². The first kappa shape index (κ1) is 15.9. The Morgan fingerprint density at radius 3 is 2.33 bits per heavy atom. The van der Waals surface area contributed by atoms with E-state index in [-0.39, 0.29) is 12.0 Å². The number of hydrogen-bond donors (Lipinski definition) is 3. The van der Waals surface area contributed by atoms with Gasteiger partial charge >= 0.3 is 0 Å². The maximum Gasteiger partial charge on any atom is 0.164 e. The minimum atomic E-state index is -0.273. The van der Waals surface area contributed by atoms with E-state index in [1.54, 1.807) is 21.3 Å². The summed E-state index contributed by atoms with van der Waals surface area (Å²) in [6.45, 7) is 2.92. The Morgan fingerprint density at radius 1 is 1.10 bits per heavy atom. The second-order valence-corrected chi connectivity index (χ2v) is 5.14. The topological polar surface area (TPSA) is 72.0 Å². The molecule has 2 atom stereocenters. The molecule has 1 aromatic rings. The predicted molar refractivity (Wildman–Crippen MR) is 80.2 cm³/mol. The van der Waals surface area contributed by atoms with E-state index in [9.17, 15) is 5.11 Å². The zero-order chi connectivity index (χ0) is 15.2. The average molecular weight is 296 g/mol. The van der Waals surface area contributed by atoms with Crippen molar-refractivity contribution < 1.29 is 19.3 Å². The minimum absolute atomic E-state index is 0.246. The highest BCUT2D eigenvalue weighted by Gasteiger charge is 2.24. The number of ether oxygens (including phenoxy) is 3. The quantitative estimate of drug-likeness (QED) is 0.676. The van der Waals surface area contributed by atoms with E-state index in [1.807, 2.05) is 12.1 Å². The molecule has 1 saturated heterocycles. The van der Waals surface area contributed by atoms with Crippen LogP contribution in [0.3, 0.4) is 0 Å². The Kier molecular flexibility index (Phi) is 5.67. The lowest BCUT2D eigenvalue weighted by atomic mass is 10.1. The Balaban J connectivity index is 2.01. The Morgan fingerprint density at radius 2 is 1.76 bits per heavy atom. The summed E-state index contributed by atoms with van der Waals surface area (Å²) in [6, 6.07) is 3.73. The molecule has 21 heavy (non-hydrogen) atoms. The molecule has 0 bridgehead atoms. The standard InChI is InChI=1S/C15H24N2O4/c1-19-13-5-15(21-3)14(20-2)4-10(13)6-16-7-11-8-17-9-12(11)18/h4-5,11-12,16-18H,6-9H2,1-3H3.